The molecular formula is C19H18N4O4. The molecule has 0 saturated carbocycles. The molecule has 0 aliphatic carbocycles. The third-order valence-corrected chi connectivity index (χ3v) is 4.71. The third-order valence-electron chi connectivity index (χ3n) is 4.71. The molecule has 1 saturated heterocycles. The van der Waals surface area contributed by atoms with E-state index in [0.717, 1.165) is 29.7 Å². The number of nitro benzene ring substituents is 1. The summed E-state index contributed by atoms with van der Waals surface area (Å²) in [6.07, 6.45) is 1.76. The summed E-state index contributed by atoms with van der Waals surface area (Å²) in [6.45, 7) is 0.540. The van der Waals surface area contributed by atoms with Crippen LogP contribution in [-0.2, 0) is 4.79 Å². The van der Waals surface area contributed by atoms with Crippen molar-refractivity contribution in [3.8, 4) is 5.75 Å². The summed E-state index contributed by atoms with van der Waals surface area (Å²) in [7, 11) is 0. The van der Waals surface area contributed by atoms with Crippen molar-refractivity contribution in [2.45, 2.75) is 18.9 Å². The van der Waals surface area contributed by atoms with E-state index in [4.69, 9.17) is 4.74 Å². The summed E-state index contributed by atoms with van der Waals surface area (Å²) in [5.41, 5.74) is 1.82. The molecule has 138 valence electrons. The first-order valence-electron chi connectivity index (χ1n) is 8.73. The van der Waals surface area contributed by atoms with Crippen LogP contribution in [0.15, 0.2) is 48.5 Å². The number of nitro groups is 1. The fraction of sp³-hybridized carbons (Fsp3) is 0.263. The Kier molecular flexibility index (Phi) is 4.45. The SMILES string of the molecule is O=C(COc1ccc([N+](=O)[O-])cc1)N1CCC[C@H]1c1nc2ccccc2[nH]1. The van der Waals surface area contributed by atoms with Crippen molar-refractivity contribution in [1.82, 2.24) is 14.9 Å². The first-order valence-corrected chi connectivity index (χ1v) is 8.73. The number of carbonyl (C=O) groups excluding carboxylic acids is 1. The number of imidazole rings is 1. The molecule has 1 fully saturated rings. The largest absolute Gasteiger partial charge is 0.484 e. The topological polar surface area (TPSA) is 101 Å². The Morgan fingerprint density at radius 2 is 2.04 bits per heavy atom. The number of hydrogen-bond acceptors (Lipinski definition) is 5. The number of para-hydroxylation sites is 2. The van der Waals surface area contributed by atoms with E-state index in [-0.39, 0.29) is 24.2 Å². The molecule has 1 N–H and O–H groups in total. The number of nitrogens with zero attached hydrogens (tertiary/aromatic N) is 3. The van der Waals surface area contributed by atoms with Gasteiger partial charge in [-0.25, -0.2) is 4.98 Å². The standard InChI is InChI=1S/C19H18N4O4/c24-18(12-27-14-9-7-13(8-10-14)23(25)26)22-11-3-6-17(22)19-20-15-4-1-2-5-16(15)21-19/h1-2,4-5,7-10,17H,3,6,11-12H2,(H,20,21)/t17-/m0/s1. The lowest BCUT2D eigenvalue weighted by molar-refractivity contribution is -0.384. The smallest absolute Gasteiger partial charge is 0.269 e. The van der Waals surface area contributed by atoms with E-state index in [0.29, 0.717) is 12.3 Å². The molecule has 0 spiro atoms. The fourth-order valence-corrected chi connectivity index (χ4v) is 3.37. The lowest BCUT2D eigenvalue weighted by Gasteiger charge is -2.23. The van der Waals surface area contributed by atoms with Crippen LogP contribution in [0.4, 0.5) is 5.69 Å². The van der Waals surface area contributed by atoms with Crippen molar-refractivity contribution in [1.29, 1.82) is 0 Å². The molecule has 8 heteroatoms. The molecule has 8 nitrogen and oxygen atoms in total. The number of benzene rings is 2. The van der Waals surface area contributed by atoms with Crippen LogP contribution >= 0.6 is 0 Å². The van der Waals surface area contributed by atoms with E-state index in [9.17, 15) is 14.9 Å². The number of rotatable bonds is 5. The number of H-pyrrole nitrogens is 1. The zero-order valence-corrected chi connectivity index (χ0v) is 14.5. The van der Waals surface area contributed by atoms with E-state index >= 15 is 0 Å². The molecule has 2 heterocycles. The van der Waals surface area contributed by atoms with E-state index in [1.54, 1.807) is 4.90 Å². The summed E-state index contributed by atoms with van der Waals surface area (Å²) in [4.78, 5) is 32.6. The van der Waals surface area contributed by atoms with Crippen LogP contribution in [-0.4, -0.2) is 38.8 Å². The number of non-ortho nitro benzene ring substituents is 1. The van der Waals surface area contributed by atoms with Crippen molar-refractivity contribution < 1.29 is 14.5 Å². The van der Waals surface area contributed by atoms with Gasteiger partial charge in [0.05, 0.1) is 22.0 Å². The lowest BCUT2D eigenvalue weighted by Crippen LogP contribution is -2.34. The van der Waals surface area contributed by atoms with Gasteiger partial charge in [0, 0.05) is 18.7 Å². The Bertz CT molecular complexity index is 950. The summed E-state index contributed by atoms with van der Waals surface area (Å²) in [6, 6.07) is 13.4. The van der Waals surface area contributed by atoms with Gasteiger partial charge in [0.25, 0.3) is 11.6 Å². The number of nitrogens with one attached hydrogen (secondary N) is 1. The van der Waals surface area contributed by atoms with Crippen molar-refractivity contribution in [3.05, 3.63) is 64.5 Å². The number of ether oxygens (including phenoxy) is 1. The third kappa shape index (κ3) is 3.46. The summed E-state index contributed by atoms with van der Waals surface area (Å²) in [5.74, 6) is 1.09. The first kappa shape index (κ1) is 17.0. The second-order valence-electron chi connectivity index (χ2n) is 6.42. The van der Waals surface area contributed by atoms with Crippen molar-refractivity contribution in [2.24, 2.45) is 0 Å². The highest BCUT2D eigenvalue weighted by molar-refractivity contribution is 5.79. The Hall–Kier alpha value is -3.42. The number of aromatic amines is 1. The molecular weight excluding hydrogens is 348 g/mol. The minimum absolute atomic E-state index is 0.0156. The minimum Gasteiger partial charge on any atom is -0.484 e. The van der Waals surface area contributed by atoms with Gasteiger partial charge in [-0.05, 0) is 37.1 Å². The van der Waals surface area contributed by atoms with Crippen LogP contribution in [0.1, 0.15) is 24.7 Å². The normalized spacial score (nSPS) is 16.6. The van der Waals surface area contributed by atoms with Crippen LogP contribution in [0.25, 0.3) is 11.0 Å². The van der Waals surface area contributed by atoms with Gasteiger partial charge in [-0.15, -0.1) is 0 Å². The fourth-order valence-electron chi connectivity index (χ4n) is 3.37. The van der Waals surface area contributed by atoms with Gasteiger partial charge in [-0.1, -0.05) is 12.1 Å². The van der Waals surface area contributed by atoms with Gasteiger partial charge >= 0.3 is 0 Å². The number of hydrogen-bond donors (Lipinski definition) is 1. The Morgan fingerprint density at radius 3 is 2.78 bits per heavy atom. The van der Waals surface area contributed by atoms with E-state index < -0.39 is 4.92 Å². The van der Waals surface area contributed by atoms with Crippen LogP contribution < -0.4 is 4.74 Å². The molecule has 0 radical (unpaired) electrons. The van der Waals surface area contributed by atoms with Crippen LogP contribution in [0.2, 0.25) is 0 Å². The molecule has 0 bridgehead atoms. The van der Waals surface area contributed by atoms with Gasteiger partial charge in [0.15, 0.2) is 6.61 Å². The Labute approximate surface area is 154 Å². The van der Waals surface area contributed by atoms with Crippen LogP contribution in [0.5, 0.6) is 5.75 Å². The van der Waals surface area contributed by atoms with Gasteiger partial charge in [-0.3, -0.25) is 14.9 Å². The highest BCUT2D eigenvalue weighted by atomic mass is 16.6. The number of carbonyl (C=O) groups is 1. The summed E-state index contributed by atoms with van der Waals surface area (Å²) >= 11 is 0. The second-order valence-corrected chi connectivity index (χ2v) is 6.42. The summed E-state index contributed by atoms with van der Waals surface area (Å²) in [5, 5.41) is 10.7. The molecule has 3 aromatic rings. The zero-order chi connectivity index (χ0) is 18.8. The molecule has 27 heavy (non-hydrogen) atoms. The highest BCUT2D eigenvalue weighted by Crippen LogP contribution is 2.31. The maximum Gasteiger partial charge on any atom is 0.269 e. The molecule has 4 rings (SSSR count). The molecule has 1 aliphatic heterocycles. The molecule has 0 unspecified atom stereocenters. The maximum atomic E-state index is 12.6. The van der Waals surface area contributed by atoms with E-state index in [1.807, 2.05) is 24.3 Å². The number of likely N-dealkylation sites (tertiary alicyclic amines) is 1. The Balaban J connectivity index is 1.43. The molecule has 1 aromatic heterocycles. The predicted molar refractivity (Wildman–Crippen MR) is 98.4 cm³/mol. The molecule has 2 aromatic carbocycles. The maximum absolute atomic E-state index is 12.6. The van der Waals surface area contributed by atoms with E-state index in [1.165, 1.54) is 24.3 Å². The summed E-state index contributed by atoms with van der Waals surface area (Å²) < 4.78 is 5.51. The average molecular weight is 366 g/mol. The predicted octanol–water partition coefficient (Wildman–Crippen LogP) is 3.21. The molecule has 1 atom stereocenters. The first-order chi connectivity index (χ1) is 13.1. The van der Waals surface area contributed by atoms with Crippen molar-refractivity contribution in [2.75, 3.05) is 13.2 Å². The highest BCUT2D eigenvalue weighted by Gasteiger charge is 2.32. The van der Waals surface area contributed by atoms with Gasteiger partial charge in [0.2, 0.25) is 0 Å². The minimum atomic E-state index is -0.475. The average Bonchev–Trinajstić information content (AvgIpc) is 3.32. The van der Waals surface area contributed by atoms with Gasteiger partial charge in [-0.2, -0.15) is 0 Å². The number of amides is 1. The Morgan fingerprint density at radius 1 is 1.26 bits per heavy atom. The lowest BCUT2D eigenvalue weighted by atomic mass is 10.2. The van der Waals surface area contributed by atoms with Gasteiger partial charge < -0.3 is 14.6 Å². The monoisotopic (exact) mass is 366 g/mol. The number of fused-ring (bicyclic) bond motifs is 1. The van der Waals surface area contributed by atoms with Gasteiger partial charge in [0.1, 0.15) is 11.6 Å². The van der Waals surface area contributed by atoms with Crippen LogP contribution in [0.3, 0.4) is 0 Å². The van der Waals surface area contributed by atoms with Crippen molar-refractivity contribution in [3.63, 3.8) is 0 Å². The van der Waals surface area contributed by atoms with Crippen LogP contribution in [0, 0.1) is 10.1 Å². The van der Waals surface area contributed by atoms with Crippen molar-refractivity contribution >= 4 is 22.6 Å². The quantitative estimate of drug-likeness (QED) is 0.552. The zero-order valence-electron chi connectivity index (χ0n) is 14.5. The number of aromatic nitrogens is 2. The molecule has 1 aliphatic rings. The molecule has 1 amide bonds. The second kappa shape index (κ2) is 7.06. The van der Waals surface area contributed by atoms with E-state index in [2.05, 4.69) is 9.97 Å².